The van der Waals surface area contributed by atoms with Crippen LogP contribution in [0.4, 0.5) is 0 Å². The van der Waals surface area contributed by atoms with Gasteiger partial charge in [0.25, 0.3) is 0 Å². The highest BCUT2D eigenvalue weighted by atomic mass is 35.5. The molecule has 1 atom stereocenters. The van der Waals surface area contributed by atoms with E-state index in [-0.39, 0.29) is 24.5 Å². The number of carbonyl (C=O) groups excluding carboxylic acids is 1. The molecule has 2 rings (SSSR count). The number of halogens is 1. The summed E-state index contributed by atoms with van der Waals surface area (Å²) in [5.41, 5.74) is 0.927. The average Bonchev–Trinajstić information content (AvgIpc) is 2.53. The Morgan fingerprint density at radius 2 is 1.83 bits per heavy atom. The van der Waals surface area contributed by atoms with Crippen molar-refractivity contribution in [2.45, 2.75) is 51.1 Å². The van der Waals surface area contributed by atoms with Gasteiger partial charge >= 0.3 is 0 Å². The fourth-order valence-corrected chi connectivity index (χ4v) is 4.38. The first-order chi connectivity index (χ1) is 11.3. The van der Waals surface area contributed by atoms with E-state index in [1.54, 1.807) is 12.1 Å². The monoisotopic (exact) mass is 372 g/mol. The first-order valence-electron chi connectivity index (χ1n) is 8.29. The van der Waals surface area contributed by atoms with E-state index in [1.165, 1.54) is 10.6 Å². The highest BCUT2D eigenvalue weighted by molar-refractivity contribution is 7.88. The smallest absolute Gasteiger partial charge is 0.235 e. The molecule has 1 N–H and O–H groups in total. The van der Waals surface area contributed by atoms with Crippen LogP contribution < -0.4 is 5.32 Å². The molecule has 1 aromatic rings. The van der Waals surface area contributed by atoms with Crippen LogP contribution in [0.25, 0.3) is 0 Å². The number of nitrogens with one attached hydrogen (secondary N) is 1. The van der Waals surface area contributed by atoms with E-state index in [2.05, 4.69) is 5.32 Å². The summed E-state index contributed by atoms with van der Waals surface area (Å²) in [6.07, 6.45) is 5.99. The van der Waals surface area contributed by atoms with Crippen LogP contribution in [-0.4, -0.2) is 37.5 Å². The lowest BCUT2D eigenvalue weighted by Gasteiger charge is -2.32. The predicted octanol–water partition coefficient (Wildman–Crippen LogP) is 3.11. The van der Waals surface area contributed by atoms with Gasteiger partial charge in [-0.15, -0.1) is 0 Å². The Morgan fingerprint density at radius 3 is 2.38 bits per heavy atom. The molecular weight excluding hydrogens is 348 g/mol. The molecule has 5 nitrogen and oxygen atoms in total. The van der Waals surface area contributed by atoms with E-state index in [9.17, 15) is 13.2 Å². The van der Waals surface area contributed by atoms with Crippen molar-refractivity contribution in [3.63, 3.8) is 0 Å². The van der Waals surface area contributed by atoms with Gasteiger partial charge in [-0.1, -0.05) is 43.0 Å². The van der Waals surface area contributed by atoms with Crippen LogP contribution in [0.5, 0.6) is 0 Å². The maximum atomic E-state index is 12.4. The molecule has 0 bridgehead atoms. The van der Waals surface area contributed by atoms with E-state index in [0.29, 0.717) is 5.02 Å². The Bertz CT molecular complexity index is 655. The third-order valence-corrected chi connectivity index (χ3v) is 5.99. The molecular formula is C17H25ClN2O3S. The van der Waals surface area contributed by atoms with Gasteiger partial charge in [-0.25, -0.2) is 8.42 Å². The number of hydrogen-bond donors (Lipinski definition) is 1. The van der Waals surface area contributed by atoms with Gasteiger partial charge in [0.15, 0.2) is 0 Å². The van der Waals surface area contributed by atoms with E-state index < -0.39 is 10.0 Å². The predicted molar refractivity (Wildman–Crippen MR) is 96.4 cm³/mol. The van der Waals surface area contributed by atoms with Crippen molar-refractivity contribution in [3.05, 3.63) is 34.9 Å². The molecule has 1 saturated carbocycles. The third-order valence-electron chi connectivity index (χ3n) is 4.45. The van der Waals surface area contributed by atoms with Crippen molar-refractivity contribution in [2.75, 3.05) is 12.8 Å². The van der Waals surface area contributed by atoms with E-state index in [4.69, 9.17) is 11.6 Å². The first kappa shape index (κ1) is 19.2. The van der Waals surface area contributed by atoms with Crippen LogP contribution in [0.1, 0.15) is 50.6 Å². The summed E-state index contributed by atoms with van der Waals surface area (Å²) in [4.78, 5) is 12.4. The van der Waals surface area contributed by atoms with Crippen LogP contribution in [-0.2, 0) is 14.8 Å². The highest BCUT2D eigenvalue weighted by Crippen LogP contribution is 2.24. The molecule has 1 aliphatic rings. The molecule has 0 aromatic heterocycles. The van der Waals surface area contributed by atoms with Gasteiger partial charge in [0.2, 0.25) is 15.9 Å². The van der Waals surface area contributed by atoms with Crippen molar-refractivity contribution in [1.82, 2.24) is 9.62 Å². The zero-order valence-electron chi connectivity index (χ0n) is 14.2. The Balaban J connectivity index is 2.00. The second-order valence-electron chi connectivity index (χ2n) is 6.44. The van der Waals surface area contributed by atoms with Crippen molar-refractivity contribution in [3.8, 4) is 0 Å². The van der Waals surface area contributed by atoms with E-state index in [1.807, 2.05) is 19.1 Å². The standard InChI is InChI=1S/C17H25ClN2O3S/c1-13(14-8-10-15(18)11-9-14)19-17(21)12-20(24(2,22)23)16-6-4-3-5-7-16/h8-11,13,16H,3-7,12H2,1-2H3,(H,19,21)/t13-/m0/s1. The molecule has 7 heteroatoms. The summed E-state index contributed by atoms with van der Waals surface area (Å²) < 4.78 is 25.5. The Morgan fingerprint density at radius 1 is 1.25 bits per heavy atom. The SMILES string of the molecule is C[C@H](NC(=O)CN(C1CCCCC1)S(C)(=O)=O)c1ccc(Cl)cc1. The van der Waals surface area contributed by atoms with Crippen LogP contribution >= 0.6 is 11.6 Å². The normalized spacial score (nSPS) is 17.7. The molecule has 0 heterocycles. The van der Waals surface area contributed by atoms with Gasteiger partial charge in [0.05, 0.1) is 18.8 Å². The highest BCUT2D eigenvalue weighted by Gasteiger charge is 2.30. The first-order valence-corrected chi connectivity index (χ1v) is 10.5. The average molecular weight is 373 g/mol. The summed E-state index contributed by atoms with van der Waals surface area (Å²) in [6.45, 7) is 1.74. The molecule has 1 aromatic carbocycles. The van der Waals surface area contributed by atoms with E-state index in [0.717, 1.165) is 37.7 Å². The van der Waals surface area contributed by atoms with Gasteiger partial charge in [0, 0.05) is 11.1 Å². The Labute approximate surface area is 149 Å². The van der Waals surface area contributed by atoms with Crippen LogP contribution in [0, 0.1) is 0 Å². The van der Waals surface area contributed by atoms with Crippen molar-refractivity contribution in [1.29, 1.82) is 0 Å². The van der Waals surface area contributed by atoms with Crippen LogP contribution in [0.2, 0.25) is 5.02 Å². The van der Waals surface area contributed by atoms with Gasteiger partial charge < -0.3 is 5.32 Å². The summed E-state index contributed by atoms with van der Waals surface area (Å²) in [5, 5.41) is 3.51. The molecule has 0 radical (unpaired) electrons. The molecule has 0 saturated heterocycles. The van der Waals surface area contributed by atoms with Gasteiger partial charge in [-0.3, -0.25) is 4.79 Å². The number of benzene rings is 1. The second kappa shape index (κ2) is 8.32. The maximum absolute atomic E-state index is 12.4. The summed E-state index contributed by atoms with van der Waals surface area (Å²) in [7, 11) is -3.41. The van der Waals surface area contributed by atoms with Gasteiger partial charge in [-0.05, 0) is 37.5 Å². The number of amides is 1. The zero-order chi connectivity index (χ0) is 17.7. The molecule has 1 aliphatic carbocycles. The maximum Gasteiger partial charge on any atom is 0.235 e. The topological polar surface area (TPSA) is 66.5 Å². The van der Waals surface area contributed by atoms with Crippen molar-refractivity contribution < 1.29 is 13.2 Å². The molecule has 0 unspecified atom stereocenters. The number of hydrogen-bond acceptors (Lipinski definition) is 3. The lowest BCUT2D eigenvalue weighted by molar-refractivity contribution is -0.122. The Hall–Kier alpha value is -1.11. The molecule has 0 aliphatic heterocycles. The van der Waals surface area contributed by atoms with Crippen LogP contribution in [0.15, 0.2) is 24.3 Å². The largest absolute Gasteiger partial charge is 0.348 e. The summed E-state index contributed by atoms with van der Waals surface area (Å²) >= 11 is 5.87. The van der Waals surface area contributed by atoms with Crippen LogP contribution in [0.3, 0.4) is 0 Å². The van der Waals surface area contributed by atoms with Crippen molar-refractivity contribution >= 4 is 27.5 Å². The number of nitrogens with zero attached hydrogens (tertiary/aromatic N) is 1. The number of sulfonamides is 1. The molecule has 1 amide bonds. The fourth-order valence-electron chi connectivity index (χ4n) is 3.15. The summed E-state index contributed by atoms with van der Waals surface area (Å²) in [6, 6.07) is 6.97. The molecule has 1 fully saturated rings. The minimum Gasteiger partial charge on any atom is -0.348 e. The molecule has 134 valence electrons. The van der Waals surface area contributed by atoms with E-state index >= 15 is 0 Å². The minimum atomic E-state index is -3.41. The third kappa shape index (κ3) is 5.46. The van der Waals surface area contributed by atoms with Gasteiger partial charge in [-0.2, -0.15) is 4.31 Å². The fraction of sp³-hybridized carbons (Fsp3) is 0.588. The molecule has 24 heavy (non-hydrogen) atoms. The van der Waals surface area contributed by atoms with Crippen molar-refractivity contribution in [2.24, 2.45) is 0 Å². The quantitative estimate of drug-likeness (QED) is 0.834. The number of rotatable bonds is 6. The lowest BCUT2D eigenvalue weighted by Crippen LogP contribution is -2.46. The summed E-state index contributed by atoms with van der Waals surface area (Å²) in [5.74, 6) is -0.284. The Kier molecular flexibility index (Phi) is 6.66. The minimum absolute atomic E-state index is 0.0645. The number of carbonyl (C=O) groups is 1. The molecule has 0 spiro atoms. The van der Waals surface area contributed by atoms with Gasteiger partial charge in [0.1, 0.15) is 0 Å². The lowest BCUT2D eigenvalue weighted by atomic mass is 9.95. The zero-order valence-corrected chi connectivity index (χ0v) is 15.7. The second-order valence-corrected chi connectivity index (χ2v) is 8.81.